The summed E-state index contributed by atoms with van der Waals surface area (Å²) in [5.41, 5.74) is 0.117. The summed E-state index contributed by atoms with van der Waals surface area (Å²) in [6, 6.07) is 4.50. The Morgan fingerprint density at radius 1 is 1.48 bits per heavy atom. The molecular formula is C14H16FN3O3. The highest BCUT2D eigenvalue weighted by Crippen LogP contribution is 2.16. The maximum absolute atomic E-state index is 13.0. The molecule has 0 saturated carbocycles. The summed E-state index contributed by atoms with van der Waals surface area (Å²) >= 11 is 0. The van der Waals surface area contributed by atoms with Crippen LogP contribution in [-0.2, 0) is 4.79 Å². The molecule has 1 aromatic rings. The topological polar surface area (TPSA) is 93.4 Å². The number of anilines is 1. The monoisotopic (exact) mass is 293 g/mol. The number of urea groups is 1. The number of nitrogens with one attached hydrogen (secondary N) is 1. The van der Waals surface area contributed by atoms with Gasteiger partial charge in [0, 0.05) is 6.54 Å². The van der Waals surface area contributed by atoms with Crippen LogP contribution in [0.25, 0.3) is 0 Å². The second-order valence-electron chi connectivity index (χ2n) is 4.90. The van der Waals surface area contributed by atoms with E-state index in [4.69, 9.17) is 10.4 Å². The summed E-state index contributed by atoms with van der Waals surface area (Å²) in [5, 5.41) is 20.2. The fourth-order valence-corrected chi connectivity index (χ4v) is 1.74. The van der Waals surface area contributed by atoms with Crippen LogP contribution in [0.2, 0.25) is 0 Å². The van der Waals surface area contributed by atoms with Crippen molar-refractivity contribution < 1.29 is 19.1 Å². The van der Waals surface area contributed by atoms with Gasteiger partial charge in [-0.1, -0.05) is 13.8 Å². The fraction of sp³-hybridized carbons (Fsp3) is 0.357. The molecule has 0 spiro atoms. The van der Waals surface area contributed by atoms with Gasteiger partial charge in [-0.2, -0.15) is 5.26 Å². The lowest BCUT2D eigenvalue weighted by Crippen LogP contribution is -2.41. The van der Waals surface area contributed by atoms with E-state index in [9.17, 15) is 14.0 Å². The third-order valence-electron chi connectivity index (χ3n) is 2.54. The molecule has 0 fully saturated rings. The third kappa shape index (κ3) is 5.10. The second-order valence-corrected chi connectivity index (χ2v) is 4.90. The van der Waals surface area contributed by atoms with Crippen LogP contribution >= 0.6 is 0 Å². The SMILES string of the molecule is CC(C)CN(CC(=O)O)C(=O)Nc1ccc(F)cc1C#N. The number of carbonyl (C=O) groups is 2. The first-order valence-corrected chi connectivity index (χ1v) is 6.31. The van der Waals surface area contributed by atoms with Crippen LogP contribution in [0.3, 0.4) is 0 Å². The van der Waals surface area contributed by atoms with Gasteiger partial charge in [0.2, 0.25) is 0 Å². The van der Waals surface area contributed by atoms with Crippen LogP contribution < -0.4 is 5.32 Å². The Balaban J connectivity index is 2.91. The predicted molar refractivity (Wildman–Crippen MR) is 74.2 cm³/mol. The first kappa shape index (κ1) is 16.4. The first-order chi connectivity index (χ1) is 9.83. The molecule has 0 heterocycles. The molecule has 0 aliphatic carbocycles. The molecule has 21 heavy (non-hydrogen) atoms. The van der Waals surface area contributed by atoms with Gasteiger partial charge < -0.3 is 15.3 Å². The Bertz CT molecular complexity index is 581. The molecule has 7 heteroatoms. The number of nitrogens with zero attached hydrogens (tertiary/aromatic N) is 2. The summed E-state index contributed by atoms with van der Waals surface area (Å²) < 4.78 is 13.0. The lowest BCUT2D eigenvalue weighted by Gasteiger charge is -2.23. The van der Waals surface area contributed by atoms with E-state index in [1.165, 1.54) is 6.07 Å². The van der Waals surface area contributed by atoms with Gasteiger partial charge in [0.05, 0.1) is 11.3 Å². The zero-order valence-electron chi connectivity index (χ0n) is 11.8. The van der Waals surface area contributed by atoms with Crippen molar-refractivity contribution >= 4 is 17.7 Å². The van der Waals surface area contributed by atoms with Gasteiger partial charge >= 0.3 is 12.0 Å². The third-order valence-corrected chi connectivity index (χ3v) is 2.54. The van der Waals surface area contributed by atoms with Gasteiger partial charge in [0.1, 0.15) is 18.4 Å². The van der Waals surface area contributed by atoms with Crippen molar-refractivity contribution in [3.05, 3.63) is 29.6 Å². The Morgan fingerprint density at radius 3 is 2.67 bits per heavy atom. The number of rotatable bonds is 5. The fourth-order valence-electron chi connectivity index (χ4n) is 1.74. The molecule has 0 aliphatic heterocycles. The summed E-state index contributed by atoms with van der Waals surface area (Å²) in [5.74, 6) is -1.64. The van der Waals surface area contributed by atoms with Gasteiger partial charge in [0.15, 0.2) is 0 Å². The maximum atomic E-state index is 13.0. The number of aliphatic carboxylic acids is 1. The van der Waals surface area contributed by atoms with Gasteiger partial charge in [-0.05, 0) is 24.1 Å². The van der Waals surface area contributed by atoms with Crippen LogP contribution in [0.1, 0.15) is 19.4 Å². The van der Waals surface area contributed by atoms with Crippen molar-refractivity contribution in [2.75, 3.05) is 18.4 Å². The normalized spacial score (nSPS) is 10.0. The van der Waals surface area contributed by atoms with Crippen LogP contribution in [0.4, 0.5) is 14.9 Å². The number of carboxylic acid groups (broad SMARTS) is 1. The Morgan fingerprint density at radius 2 is 2.14 bits per heavy atom. The van der Waals surface area contributed by atoms with Crippen molar-refractivity contribution in [3.63, 3.8) is 0 Å². The number of hydrogen-bond donors (Lipinski definition) is 2. The zero-order chi connectivity index (χ0) is 16.0. The van der Waals surface area contributed by atoms with Gasteiger partial charge in [-0.3, -0.25) is 4.79 Å². The summed E-state index contributed by atoms with van der Waals surface area (Å²) in [4.78, 5) is 24.0. The number of carboxylic acids is 1. The quantitative estimate of drug-likeness (QED) is 0.870. The highest BCUT2D eigenvalue weighted by molar-refractivity contribution is 5.92. The number of benzene rings is 1. The number of amides is 2. The molecule has 0 radical (unpaired) electrons. The lowest BCUT2D eigenvalue weighted by molar-refractivity contribution is -0.137. The maximum Gasteiger partial charge on any atom is 0.323 e. The molecule has 0 aliphatic rings. The molecule has 0 unspecified atom stereocenters. The molecule has 0 atom stereocenters. The number of nitriles is 1. The molecule has 0 saturated heterocycles. The van der Waals surface area contributed by atoms with Gasteiger partial charge in [-0.15, -0.1) is 0 Å². The predicted octanol–water partition coefficient (Wildman–Crippen LogP) is 2.27. The lowest BCUT2D eigenvalue weighted by atomic mass is 10.2. The minimum Gasteiger partial charge on any atom is -0.480 e. The van der Waals surface area contributed by atoms with E-state index in [0.29, 0.717) is 0 Å². The molecule has 0 aromatic heterocycles. The summed E-state index contributed by atoms with van der Waals surface area (Å²) in [6.45, 7) is 3.50. The second kappa shape index (κ2) is 7.24. The molecular weight excluding hydrogens is 277 g/mol. The van der Waals surface area contributed by atoms with Crippen molar-refractivity contribution in [1.29, 1.82) is 5.26 Å². The summed E-state index contributed by atoms with van der Waals surface area (Å²) in [7, 11) is 0. The Labute approximate surface area is 121 Å². The average molecular weight is 293 g/mol. The Hall–Kier alpha value is -2.62. The van der Waals surface area contributed by atoms with Crippen molar-refractivity contribution in [1.82, 2.24) is 4.90 Å². The minimum atomic E-state index is -1.13. The van der Waals surface area contributed by atoms with E-state index in [0.717, 1.165) is 17.0 Å². The summed E-state index contributed by atoms with van der Waals surface area (Å²) in [6.07, 6.45) is 0. The molecule has 2 N–H and O–H groups in total. The number of halogens is 1. The number of carbonyl (C=O) groups excluding carboxylic acids is 1. The van der Waals surface area contributed by atoms with Crippen molar-refractivity contribution in [3.8, 4) is 6.07 Å². The van der Waals surface area contributed by atoms with E-state index >= 15 is 0 Å². The van der Waals surface area contributed by atoms with Crippen molar-refractivity contribution in [2.24, 2.45) is 5.92 Å². The highest BCUT2D eigenvalue weighted by Gasteiger charge is 2.19. The molecule has 6 nitrogen and oxygen atoms in total. The first-order valence-electron chi connectivity index (χ1n) is 6.31. The Kier molecular flexibility index (Phi) is 5.67. The average Bonchev–Trinajstić information content (AvgIpc) is 2.38. The van der Waals surface area contributed by atoms with Crippen molar-refractivity contribution in [2.45, 2.75) is 13.8 Å². The van der Waals surface area contributed by atoms with E-state index < -0.39 is 24.4 Å². The van der Waals surface area contributed by atoms with E-state index in [1.54, 1.807) is 6.07 Å². The van der Waals surface area contributed by atoms with Crippen LogP contribution in [0.5, 0.6) is 0 Å². The van der Waals surface area contributed by atoms with Crippen LogP contribution in [0, 0.1) is 23.1 Å². The van der Waals surface area contributed by atoms with E-state index in [1.807, 2.05) is 13.8 Å². The van der Waals surface area contributed by atoms with E-state index in [2.05, 4.69) is 5.32 Å². The highest BCUT2D eigenvalue weighted by atomic mass is 19.1. The smallest absolute Gasteiger partial charge is 0.323 e. The standard InChI is InChI=1S/C14H16FN3O3/c1-9(2)7-18(8-13(19)20)14(21)17-12-4-3-11(15)5-10(12)6-16/h3-5,9H,7-8H2,1-2H3,(H,17,21)(H,19,20). The van der Waals surface area contributed by atoms with E-state index in [-0.39, 0.29) is 23.7 Å². The van der Waals surface area contributed by atoms with Gasteiger partial charge in [-0.25, -0.2) is 9.18 Å². The molecule has 1 aromatic carbocycles. The van der Waals surface area contributed by atoms with Gasteiger partial charge in [0.25, 0.3) is 0 Å². The molecule has 0 bridgehead atoms. The largest absolute Gasteiger partial charge is 0.480 e. The molecule has 112 valence electrons. The van der Waals surface area contributed by atoms with Crippen LogP contribution in [-0.4, -0.2) is 35.1 Å². The zero-order valence-corrected chi connectivity index (χ0v) is 11.8. The molecule has 1 rings (SSSR count). The molecule has 2 amide bonds. The number of hydrogen-bond acceptors (Lipinski definition) is 3. The minimum absolute atomic E-state index is 0.0248. The van der Waals surface area contributed by atoms with Crippen LogP contribution in [0.15, 0.2) is 18.2 Å².